The Hall–Kier alpha value is -2.09. The van der Waals surface area contributed by atoms with Crippen molar-refractivity contribution in [3.8, 4) is 0 Å². The first kappa shape index (κ1) is 18.0. The second-order valence-electron chi connectivity index (χ2n) is 4.95. The molecule has 0 heterocycles. The van der Waals surface area contributed by atoms with Crippen molar-refractivity contribution < 1.29 is 14.5 Å². The van der Waals surface area contributed by atoms with Gasteiger partial charge in [-0.2, -0.15) is 0 Å². The first-order chi connectivity index (χ1) is 10.3. The van der Waals surface area contributed by atoms with Crippen LogP contribution < -0.4 is 10.6 Å². The lowest BCUT2D eigenvalue weighted by Crippen LogP contribution is -2.41. The lowest BCUT2D eigenvalue weighted by Gasteiger charge is -2.13. The van der Waals surface area contributed by atoms with Crippen LogP contribution in [0.4, 0.5) is 5.69 Å². The molecule has 0 aliphatic carbocycles. The van der Waals surface area contributed by atoms with E-state index < -0.39 is 10.2 Å². The summed E-state index contributed by atoms with van der Waals surface area (Å²) in [7, 11) is 0. The first-order valence-corrected chi connectivity index (χ1v) is 7.65. The summed E-state index contributed by atoms with van der Waals surface area (Å²) < 4.78 is 0. The van der Waals surface area contributed by atoms with Crippen molar-refractivity contribution in [3.63, 3.8) is 0 Å². The summed E-state index contributed by atoms with van der Waals surface area (Å²) in [5.41, 5.74) is 0.00631. The number of nitrogens with zero attached hydrogens (tertiary/aromatic N) is 1. The molecular formula is C14H19N3O4S. The standard InChI is InChI=1S/C14H19N3O4S/c1-9(2)16-13(18)8-15-14(19)10(3)22-12-6-4-11(5-7-12)17(20)21/h4-7,9-10H,8H2,1-3H3,(H,15,19)(H,16,18). The van der Waals surface area contributed by atoms with Crippen molar-refractivity contribution in [2.24, 2.45) is 0 Å². The van der Waals surface area contributed by atoms with Crippen LogP contribution in [0.15, 0.2) is 29.2 Å². The lowest BCUT2D eigenvalue weighted by atomic mass is 10.3. The van der Waals surface area contributed by atoms with Crippen molar-refractivity contribution in [2.45, 2.75) is 37.0 Å². The van der Waals surface area contributed by atoms with Crippen LogP contribution in [0.2, 0.25) is 0 Å². The average molecular weight is 325 g/mol. The Balaban J connectivity index is 2.46. The maximum absolute atomic E-state index is 11.9. The van der Waals surface area contributed by atoms with Gasteiger partial charge in [-0.05, 0) is 32.9 Å². The molecule has 0 radical (unpaired) electrons. The van der Waals surface area contributed by atoms with Gasteiger partial charge >= 0.3 is 0 Å². The van der Waals surface area contributed by atoms with Gasteiger partial charge in [-0.3, -0.25) is 19.7 Å². The molecule has 2 N–H and O–H groups in total. The van der Waals surface area contributed by atoms with Gasteiger partial charge in [0, 0.05) is 23.1 Å². The number of nitro groups is 1. The highest BCUT2D eigenvalue weighted by Crippen LogP contribution is 2.25. The Labute approximate surface area is 133 Å². The molecule has 0 aliphatic rings. The van der Waals surface area contributed by atoms with Crippen molar-refractivity contribution in [1.29, 1.82) is 0 Å². The Morgan fingerprint density at radius 3 is 2.32 bits per heavy atom. The van der Waals surface area contributed by atoms with E-state index in [1.807, 2.05) is 13.8 Å². The van der Waals surface area contributed by atoms with E-state index in [4.69, 9.17) is 0 Å². The normalized spacial score (nSPS) is 11.8. The number of nitro benzene ring substituents is 1. The fourth-order valence-electron chi connectivity index (χ4n) is 1.59. The number of amides is 2. The van der Waals surface area contributed by atoms with Crippen molar-refractivity contribution in [1.82, 2.24) is 10.6 Å². The zero-order chi connectivity index (χ0) is 16.7. The molecular weight excluding hydrogens is 306 g/mol. The summed E-state index contributed by atoms with van der Waals surface area (Å²) >= 11 is 1.27. The minimum atomic E-state index is -0.474. The van der Waals surface area contributed by atoms with Crippen LogP contribution in [-0.4, -0.2) is 34.6 Å². The van der Waals surface area contributed by atoms with Gasteiger partial charge in [0.1, 0.15) is 0 Å². The van der Waals surface area contributed by atoms with Gasteiger partial charge in [0.15, 0.2) is 0 Å². The molecule has 0 fully saturated rings. The molecule has 0 aliphatic heterocycles. The third kappa shape index (κ3) is 6.13. The summed E-state index contributed by atoms with van der Waals surface area (Å²) in [6.45, 7) is 5.32. The predicted octanol–water partition coefficient (Wildman–Crippen LogP) is 1.72. The van der Waals surface area contributed by atoms with Crippen LogP contribution in [0.1, 0.15) is 20.8 Å². The third-order valence-electron chi connectivity index (χ3n) is 2.60. The van der Waals surface area contributed by atoms with Crippen molar-refractivity contribution >= 4 is 29.3 Å². The molecule has 7 nitrogen and oxygen atoms in total. The average Bonchev–Trinajstić information content (AvgIpc) is 2.44. The molecule has 1 aromatic rings. The Kier molecular flexibility index (Phi) is 6.84. The fraction of sp³-hybridized carbons (Fsp3) is 0.429. The topological polar surface area (TPSA) is 101 Å². The van der Waals surface area contributed by atoms with Gasteiger partial charge in [-0.1, -0.05) is 0 Å². The number of benzene rings is 1. The Bertz CT molecular complexity index is 546. The Morgan fingerprint density at radius 2 is 1.82 bits per heavy atom. The number of nitrogens with one attached hydrogen (secondary N) is 2. The fourth-order valence-corrected chi connectivity index (χ4v) is 2.48. The zero-order valence-corrected chi connectivity index (χ0v) is 13.5. The highest BCUT2D eigenvalue weighted by atomic mass is 32.2. The van der Waals surface area contributed by atoms with Crippen LogP contribution in [0.25, 0.3) is 0 Å². The summed E-state index contributed by atoms with van der Waals surface area (Å²) in [5, 5.41) is 15.4. The molecule has 1 atom stereocenters. The number of hydrogen-bond acceptors (Lipinski definition) is 5. The van der Waals surface area contributed by atoms with E-state index in [0.29, 0.717) is 0 Å². The second-order valence-corrected chi connectivity index (χ2v) is 6.37. The van der Waals surface area contributed by atoms with E-state index in [9.17, 15) is 19.7 Å². The lowest BCUT2D eigenvalue weighted by molar-refractivity contribution is -0.384. The van der Waals surface area contributed by atoms with Gasteiger partial charge in [0.25, 0.3) is 5.69 Å². The maximum Gasteiger partial charge on any atom is 0.269 e. The molecule has 8 heteroatoms. The molecule has 0 saturated carbocycles. The van der Waals surface area contributed by atoms with Gasteiger partial charge in [0.2, 0.25) is 11.8 Å². The number of carbonyl (C=O) groups excluding carboxylic acids is 2. The summed E-state index contributed by atoms with van der Waals surface area (Å²) in [6.07, 6.45) is 0. The number of carbonyl (C=O) groups is 2. The van der Waals surface area contributed by atoms with Crippen LogP contribution in [0, 0.1) is 10.1 Å². The molecule has 1 aromatic carbocycles. The zero-order valence-electron chi connectivity index (χ0n) is 12.7. The number of hydrogen-bond donors (Lipinski definition) is 2. The van der Waals surface area contributed by atoms with Crippen molar-refractivity contribution in [3.05, 3.63) is 34.4 Å². The van der Waals surface area contributed by atoms with Crippen molar-refractivity contribution in [2.75, 3.05) is 6.54 Å². The summed E-state index contributed by atoms with van der Waals surface area (Å²) in [5.74, 6) is -0.502. The minimum Gasteiger partial charge on any atom is -0.352 e. The third-order valence-corrected chi connectivity index (χ3v) is 3.71. The quantitative estimate of drug-likeness (QED) is 0.451. The second kappa shape index (κ2) is 8.38. The summed E-state index contributed by atoms with van der Waals surface area (Å²) in [4.78, 5) is 34.2. The minimum absolute atomic E-state index is 0.00631. The highest BCUT2D eigenvalue weighted by Gasteiger charge is 2.16. The predicted molar refractivity (Wildman–Crippen MR) is 84.7 cm³/mol. The van der Waals surface area contributed by atoms with Crippen LogP contribution >= 0.6 is 11.8 Å². The molecule has 0 saturated heterocycles. The summed E-state index contributed by atoms with van der Waals surface area (Å²) in [6, 6.07) is 6.00. The molecule has 22 heavy (non-hydrogen) atoms. The SMILES string of the molecule is CC(C)NC(=O)CNC(=O)C(C)Sc1ccc([N+](=O)[O-])cc1. The first-order valence-electron chi connectivity index (χ1n) is 6.77. The van der Waals surface area contributed by atoms with Gasteiger partial charge in [0.05, 0.1) is 16.7 Å². The van der Waals surface area contributed by atoms with Gasteiger partial charge < -0.3 is 10.6 Å². The van der Waals surface area contributed by atoms with E-state index >= 15 is 0 Å². The van der Waals surface area contributed by atoms with E-state index in [1.54, 1.807) is 19.1 Å². The molecule has 1 rings (SSSR count). The smallest absolute Gasteiger partial charge is 0.269 e. The molecule has 0 bridgehead atoms. The highest BCUT2D eigenvalue weighted by molar-refractivity contribution is 8.00. The van der Waals surface area contributed by atoms with Crippen LogP contribution in [-0.2, 0) is 9.59 Å². The monoisotopic (exact) mass is 325 g/mol. The van der Waals surface area contributed by atoms with Gasteiger partial charge in [-0.15, -0.1) is 11.8 Å². The van der Waals surface area contributed by atoms with E-state index in [-0.39, 0.29) is 30.1 Å². The largest absolute Gasteiger partial charge is 0.352 e. The van der Waals surface area contributed by atoms with E-state index in [2.05, 4.69) is 10.6 Å². The number of non-ortho nitro benzene ring substituents is 1. The van der Waals surface area contributed by atoms with E-state index in [1.165, 1.54) is 23.9 Å². The van der Waals surface area contributed by atoms with Crippen LogP contribution in [0.3, 0.4) is 0 Å². The van der Waals surface area contributed by atoms with E-state index in [0.717, 1.165) is 4.90 Å². The maximum atomic E-state index is 11.9. The molecule has 2 amide bonds. The molecule has 0 spiro atoms. The Morgan fingerprint density at radius 1 is 1.23 bits per heavy atom. The number of rotatable bonds is 7. The molecule has 1 unspecified atom stereocenters. The van der Waals surface area contributed by atoms with Gasteiger partial charge in [-0.25, -0.2) is 0 Å². The van der Waals surface area contributed by atoms with Crippen LogP contribution in [0.5, 0.6) is 0 Å². The molecule has 0 aromatic heterocycles. The molecule has 120 valence electrons. The number of thioether (sulfide) groups is 1.